The molecule has 2 aromatic carbocycles. The first-order valence-corrected chi connectivity index (χ1v) is 9.47. The number of anilines is 2. The molecule has 3 rings (SSSR count). The van der Waals surface area contributed by atoms with Crippen molar-refractivity contribution in [1.82, 2.24) is 4.98 Å². The van der Waals surface area contributed by atoms with Gasteiger partial charge in [-0.3, -0.25) is 4.98 Å². The van der Waals surface area contributed by atoms with Crippen molar-refractivity contribution in [1.29, 1.82) is 5.26 Å². The topological polar surface area (TPSA) is 85.6 Å². The van der Waals surface area contributed by atoms with Crippen LogP contribution in [0.2, 0.25) is 0 Å². The lowest BCUT2D eigenvalue weighted by Gasteiger charge is -2.17. The number of hydrogen-bond donors (Lipinski definition) is 1. The van der Waals surface area contributed by atoms with Gasteiger partial charge in [0.2, 0.25) is 0 Å². The van der Waals surface area contributed by atoms with E-state index < -0.39 is 0 Å². The molecule has 0 fully saturated rings. The molecule has 0 amide bonds. The number of hydrogen-bond acceptors (Lipinski definition) is 7. The Labute approximate surface area is 176 Å². The predicted molar refractivity (Wildman–Crippen MR) is 116 cm³/mol. The average molecular weight is 407 g/mol. The van der Waals surface area contributed by atoms with Gasteiger partial charge < -0.3 is 24.3 Å². The molecule has 0 aliphatic rings. The molecule has 3 aromatic rings. The number of rotatable bonds is 8. The molecule has 1 aromatic heterocycles. The summed E-state index contributed by atoms with van der Waals surface area (Å²) < 4.78 is 21.8. The van der Waals surface area contributed by atoms with E-state index in [-0.39, 0.29) is 0 Å². The van der Waals surface area contributed by atoms with E-state index >= 15 is 0 Å². The van der Waals surface area contributed by atoms with Crippen LogP contribution in [-0.4, -0.2) is 39.5 Å². The Hall–Kier alpha value is -3.50. The predicted octanol–water partition coefficient (Wildman–Crippen LogP) is 4.51. The fourth-order valence-electron chi connectivity index (χ4n) is 3.25. The Bertz CT molecular complexity index is 1110. The normalized spacial score (nSPS) is 10.5. The molecule has 156 valence electrons. The van der Waals surface area contributed by atoms with E-state index in [0.29, 0.717) is 41.5 Å². The van der Waals surface area contributed by atoms with Crippen molar-refractivity contribution in [2.24, 2.45) is 0 Å². The van der Waals surface area contributed by atoms with Crippen molar-refractivity contribution in [2.45, 2.75) is 13.8 Å². The van der Waals surface area contributed by atoms with Crippen LogP contribution in [0.4, 0.5) is 11.4 Å². The SMILES string of the molecule is COCCOc1cc2ncc(C#N)c(Nc3cc(OC)c(C)cc3C)c2cc1OC. The second kappa shape index (κ2) is 9.33. The standard InChI is InChI=1S/C23H25N3O4/c1-14-8-15(2)20(28-4)10-18(14)26-23-16(12-24)13-25-19-11-22(30-7-6-27-3)21(29-5)9-17(19)23/h8-11,13H,6-7H2,1-5H3,(H,25,26). The molecule has 0 unspecified atom stereocenters. The van der Waals surface area contributed by atoms with Gasteiger partial charge >= 0.3 is 0 Å². The van der Waals surface area contributed by atoms with E-state index in [2.05, 4.69) is 16.4 Å². The number of ether oxygens (including phenoxy) is 4. The Morgan fingerprint density at radius 1 is 0.933 bits per heavy atom. The third-order valence-corrected chi connectivity index (χ3v) is 4.82. The molecule has 1 N–H and O–H groups in total. The van der Waals surface area contributed by atoms with Crippen LogP contribution < -0.4 is 19.5 Å². The number of nitrogens with one attached hydrogen (secondary N) is 1. The number of methoxy groups -OCH3 is 3. The van der Waals surface area contributed by atoms with Crippen molar-refractivity contribution >= 4 is 22.3 Å². The van der Waals surface area contributed by atoms with E-state index in [0.717, 1.165) is 28.0 Å². The summed E-state index contributed by atoms with van der Waals surface area (Å²) in [6.07, 6.45) is 1.55. The summed E-state index contributed by atoms with van der Waals surface area (Å²) in [5.41, 5.74) is 4.69. The van der Waals surface area contributed by atoms with Crippen LogP contribution in [-0.2, 0) is 4.74 Å². The van der Waals surface area contributed by atoms with Crippen molar-refractivity contribution in [3.63, 3.8) is 0 Å². The van der Waals surface area contributed by atoms with Crippen LogP contribution in [0, 0.1) is 25.2 Å². The number of aryl methyl sites for hydroxylation is 2. The van der Waals surface area contributed by atoms with Crippen LogP contribution in [0.3, 0.4) is 0 Å². The molecule has 7 heteroatoms. The number of nitrogens with zero attached hydrogens (tertiary/aromatic N) is 2. The molecule has 0 aliphatic carbocycles. The summed E-state index contributed by atoms with van der Waals surface area (Å²) in [6.45, 7) is 4.85. The van der Waals surface area contributed by atoms with Crippen molar-refractivity contribution in [3.8, 4) is 23.3 Å². The van der Waals surface area contributed by atoms with Gasteiger partial charge in [-0.15, -0.1) is 0 Å². The van der Waals surface area contributed by atoms with Gasteiger partial charge in [0.05, 0.1) is 37.6 Å². The highest BCUT2D eigenvalue weighted by Gasteiger charge is 2.16. The second-order valence-corrected chi connectivity index (χ2v) is 6.78. The van der Waals surface area contributed by atoms with Crippen molar-refractivity contribution in [3.05, 3.63) is 47.2 Å². The van der Waals surface area contributed by atoms with Crippen LogP contribution in [0.5, 0.6) is 17.2 Å². The highest BCUT2D eigenvalue weighted by Crippen LogP contribution is 2.38. The van der Waals surface area contributed by atoms with Crippen LogP contribution in [0.1, 0.15) is 16.7 Å². The van der Waals surface area contributed by atoms with Gasteiger partial charge in [0, 0.05) is 36.5 Å². The lowest BCUT2D eigenvalue weighted by molar-refractivity contribution is 0.144. The molecule has 0 atom stereocenters. The third kappa shape index (κ3) is 4.24. The van der Waals surface area contributed by atoms with Crippen LogP contribution in [0.25, 0.3) is 10.9 Å². The zero-order valence-corrected chi connectivity index (χ0v) is 17.8. The lowest BCUT2D eigenvalue weighted by atomic mass is 10.1. The monoisotopic (exact) mass is 407 g/mol. The molecule has 0 spiro atoms. The molecule has 1 heterocycles. The van der Waals surface area contributed by atoms with E-state index in [1.165, 1.54) is 0 Å². The summed E-state index contributed by atoms with van der Waals surface area (Å²) in [4.78, 5) is 4.43. The highest BCUT2D eigenvalue weighted by atomic mass is 16.5. The molecule has 30 heavy (non-hydrogen) atoms. The fraction of sp³-hybridized carbons (Fsp3) is 0.304. The second-order valence-electron chi connectivity index (χ2n) is 6.78. The number of nitriles is 1. The maximum absolute atomic E-state index is 9.67. The van der Waals surface area contributed by atoms with Crippen LogP contribution >= 0.6 is 0 Å². The number of pyridine rings is 1. The zero-order valence-electron chi connectivity index (χ0n) is 17.8. The number of benzene rings is 2. The van der Waals surface area contributed by atoms with E-state index in [9.17, 15) is 5.26 Å². The zero-order chi connectivity index (χ0) is 21.7. The smallest absolute Gasteiger partial charge is 0.163 e. The highest BCUT2D eigenvalue weighted by molar-refractivity contribution is 5.98. The minimum Gasteiger partial charge on any atom is -0.496 e. The quantitative estimate of drug-likeness (QED) is 0.550. The van der Waals surface area contributed by atoms with Gasteiger partial charge in [0.1, 0.15) is 18.4 Å². The molecule has 7 nitrogen and oxygen atoms in total. The molecule has 0 aliphatic heterocycles. The first-order chi connectivity index (χ1) is 14.5. The van der Waals surface area contributed by atoms with Gasteiger partial charge in [-0.05, 0) is 31.0 Å². The van der Waals surface area contributed by atoms with Crippen molar-refractivity contribution < 1.29 is 18.9 Å². The molecule has 0 radical (unpaired) electrons. The molecule has 0 saturated heterocycles. The third-order valence-electron chi connectivity index (χ3n) is 4.82. The van der Waals surface area contributed by atoms with Gasteiger partial charge in [-0.2, -0.15) is 5.26 Å². The van der Waals surface area contributed by atoms with Crippen molar-refractivity contribution in [2.75, 3.05) is 39.9 Å². The Morgan fingerprint density at radius 2 is 1.70 bits per heavy atom. The summed E-state index contributed by atoms with van der Waals surface area (Å²) in [5.74, 6) is 1.89. The van der Waals surface area contributed by atoms with Gasteiger partial charge in [-0.25, -0.2) is 0 Å². The molecular formula is C23H25N3O4. The first-order valence-electron chi connectivity index (χ1n) is 9.47. The van der Waals surface area contributed by atoms with Gasteiger partial charge in [0.15, 0.2) is 11.5 Å². The molecular weight excluding hydrogens is 382 g/mol. The summed E-state index contributed by atoms with van der Waals surface area (Å²) in [7, 11) is 4.83. The van der Waals surface area contributed by atoms with E-state index in [1.807, 2.05) is 32.0 Å². The van der Waals surface area contributed by atoms with Crippen LogP contribution in [0.15, 0.2) is 30.5 Å². The Morgan fingerprint density at radius 3 is 2.37 bits per heavy atom. The average Bonchev–Trinajstić information content (AvgIpc) is 2.75. The molecule has 0 saturated carbocycles. The Balaban J connectivity index is 2.12. The Kier molecular flexibility index (Phi) is 6.60. The number of fused-ring (bicyclic) bond motifs is 1. The maximum Gasteiger partial charge on any atom is 0.163 e. The summed E-state index contributed by atoms with van der Waals surface area (Å²) in [6, 6.07) is 9.82. The minimum atomic E-state index is 0.391. The minimum absolute atomic E-state index is 0.391. The summed E-state index contributed by atoms with van der Waals surface area (Å²) >= 11 is 0. The first kappa shape index (κ1) is 21.2. The van der Waals surface area contributed by atoms with E-state index in [1.54, 1.807) is 33.6 Å². The van der Waals surface area contributed by atoms with Gasteiger partial charge in [0.25, 0.3) is 0 Å². The maximum atomic E-state index is 9.67. The molecule has 0 bridgehead atoms. The summed E-state index contributed by atoms with van der Waals surface area (Å²) in [5, 5.41) is 13.8. The lowest BCUT2D eigenvalue weighted by Crippen LogP contribution is -2.06. The largest absolute Gasteiger partial charge is 0.496 e. The fourth-order valence-corrected chi connectivity index (χ4v) is 3.25. The number of aromatic nitrogens is 1. The van der Waals surface area contributed by atoms with E-state index in [4.69, 9.17) is 18.9 Å². The van der Waals surface area contributed by atoms with Gasteiger partial charge in [-0.1, -0.05) is 6.07 Å².